The lowest BCUT2D eigenvalue weighted by molar-refractivity contribution is -0.124. The lowest BCUT2D eigenvalue weighted by Gasteiger charge is -2.06. The number of nitrogens with zero attached hydrogens (tertiary/aromatic N) is 4. The first kappa shape index (κ1) is 21.8. The number of anilines is 2. The molecule has 0 fully saturated rings. The maximum atomic E-state index is 13.5. The van der Waals surface area contributed by atoms with Crippen LogP contribution in [0.2, 0.25) is 0 Å². The summed E-state index contributed by atoms with van der Waals surface area (Å²) in [6.07, 6.45) is 7.69. The molecule has 0 saturated carbocycles. The highest BCUT2D eigenvalue weighted by Gasteiger charge is 2.08. The van der Waals surface area contributed by atoms with Crippen LogP contribution < -0.4 is 10.8 Å². The Morgan fingerprint density at radius 2 is 1.85 bits per heavy atom. The second kappa shape index (κ2) is 9.79. The Labute approximate surface area is 187 Å². The monoisotopic (exact) mass is 448 g/mol. The third-order valence-corrected chi connectivity index (χ3v) is 4.56. The molecule has 8 nitrogen and oxygen atoms in total. The summed E-state index contributed by atoms with van der Waals surface area (Å²) in [5.74, 6) is -1.70. The second-order valence-electron chi connectivity index (χ2n) is 7.03. The van der Waals surface area contributed by atoms with Gasteiger partial charge in [0.2, 0.25) is 5.95 Å². The number of halogens is 2. The minimum atomic E-state index is -0.681. The van der Waals surface area contributed by atoms with Gasteiger partial charge in [0.15, 0.2) is 0 Å². The number of carbonyl (C=O) groups is 1. The van der Waals surface area contributed by atoms with Gasteiger partial charge < -0.3 is 5.32 Å². The van der Waals surface area contributed by atoms with Crippen molar-refractivity contribution in [2.75, 3.05) is 5.32 Å². The summed E-state index contributed by atoms with van der Waals surface area (Å²) in [5, 5.41) is 15.8. The number of hydrogen-bond donors (Lipinski definition) is 3. The molecule has 0 aliphatic rings. The molecule has 0 spiro atoms. The molecule has 0 atom stereocenters. The highest BCUT2D eigenvalue weighted by Crippen LogP contribution is 2.21. The molecule has 4 rings (SSSR count). The van der Waals surface area contributed by atoms with Crippen molar-refractivity contribution in [1.29, 1.82) is 0 Å². The Kier molecular flexibility index (Phi) is 6.46. The van der Waals surface area contributed by atoms with Crippen molar-refractivity contribution in [3.8, 4) is 11.3 Å². The largest absolute Gasteiger partial charge is 0.321 e. The minimum Gasteiger partial charge on any atom is -0.321 e. The van der Waals surface area contributed by atoms with Crippen LogP contribution in [0.1, 0.15) is 11.1 Å². The van der Waals surface area contributed by atoms with Gasteiger partial charge in [-0.05, 0) is 35.4 Å². The molecule has 166 valence electrons. The fourth-order valence-electron chi connectivity index (χ4n) is 3.06. The predicted octanol–water partition coefficient (Wildman–Crippen LogP) is 3.93. The molecular weight excluding hydrogens is 430 g/mol. The zero-order valence-electron chi connectivity index (χ0n) is 17.1. The van der Waals surface area contributed by atoms with Gasteiger partial charge in [-0.2, -0.15) is 5.10 Å². The number of aromatic nitrogens is 4. The zero-order valence-corrected chi connectivity index (χ0v) is 17.1. The number of benzene rings is 2. The van der Waals surface area contributed by atoms with Crippen LogP contribution in [0, 0.1) is 11.6 Å². The summed E-state index contributed by atoms with van der Waals surface area (Å²) in [6, 6.07) is 12.3. The van der Waals surface area contributed by atoms with Gasteiger partial charge in [-0.3, -0.25) is 14.7 Å². The molecule has 3 N–H and O–H groups in total. The topological polar surface area (TPSA) is 105 Å². The Balaban J connectivity index is 1.42. The predicted molar refractivity (Wildman–Crippen MR) is 117 cm³/mol. The van der Waals surface area contributed by atoms with E-state index in [1.165, 1.54) is 29.9 Å². The number of rotatable bonds is 7. The van der Waals surface area contributed by atoms with Crippen molar-refractivity contribution in [3.63, 3.8) is 0 Å². The van der Waals surface area contributed by atoms with E-state index in [4.69, 9.17) is 5.21 Å². The van der Waals surface area contributed by atoms with Gasteiger partial charge >= 0.3 is 0 Å². The van der Waals surface area contributed by atoms with Crippen LogP contribution in [0.15, 0.2) is 73.2 Å². The minimum absolute atomic E-state index is 0.264. The molecule has 0 bridgehead atoms. The van der Waals surface area contributed by atoms with Crippen LogP contribution >= 0.6 is 0 Å². The molecule has 33 heavy (non-hydrogen) atoms. The summed E-state index contributed by atoms with van der Waals surface area (Å²) in [4.78, 5) is 19.5. The lowest BCUT2D eigenvalue weighted by Crippen LogP contribution is -2.14. The van der Waals surface area contributed by atoms with Crippen LogP contribution in [0.3, 0.4) is 0 Å². The maximum Gasteiger partial charge on any atom is 0.267 e. The van der Waals surface area contributed by atoms with E-state index in [1.807, 2.05) is 24.3 Å². The molecule has 0 aliphatic heterocycles. The molecule has 1 amide bonds. The van der Waals surface area contributed by atoms with Crippen molar-refractivity contribution in [1.82, 2.24) is 25.2 Å². The Bertz CT molecular complexity index is 1280. The lowest BCUT2D eigenvalue weighted by atomic mass is 10.1. The summed E-state index contributed by atoms with van der Waals surface area (Å²) >= 11 is 0. The van der Waals surface area contributed by atoms with Crippen LogP contribution in [0.5, 0.6) is 0 Å². The van der Waals surface area contributed by atoms with Crippen molar-refractivity contribution < 1.29 is 18.8 Å². The van der Waals surface area contributed by atoms with Gasteiger partial charge in [0.1, 0.15) is 11.6 Å². The average molecular weight is 448 g/mol. The van der Waals surface area contributed by atoms with Gasteiger partial charge in [-0.1, -0.05) is 24.3 Å². The van der Waals surface area contributed by atoms with Crippen molar-refractivity contribution in [3.05, 3.63) is 96.0 Å². The van der Waals surface area contributed by atoms with E-state index >= 15 is 0 Å². The number of hydroxylamine groups is 1. The van der Waals surface area contributed by atoms with Gasteiger partial charge in [0.05, 0.1) is 24.1 Å². The highest BCUT2D eigenvalue weighted by molar-refractivity contribution is 5.90. The standard InChI is InChI=1S/C23H18F2N6O2/c24-18-9-17(10-19(25)11-18)21-7-8-26-23(29-21)28-20-12-27-31(14-20)13-16-3-1-15(2-4-16)5-6-22(32)30-33/h1-12,14,33H,13H2,(H,30,32)(H,26,28,29)/b6-5+. The highest BCUT2D eigenvalue weighted by atomic mass is 19.1. The molecule has 0 aliphatic carbocycles. The number of amides is 1. The maximum absolute atomic E-state index is 13.5. The van der Waals surface area contributed by atoms with Crippen LogP contribution in [-0.4, -0.2) is 30.9 Å². The molecule has 0 saturated heterocycles. The molecular formula is C23H18F2N6O2. The molecule has 2 heterocycles. The SMILES string of the molecule is O=C(/C=C/c1ccc(Cn2cc(Nc3nccc(-c4cc(F)cc(F)c4)n3)cn2)cc1)NO. The number of hydrogen-bond acceptors (Lipinski definition) is 6. The quantitative estimate of drug-likeness (QED) is 0.225. The molecule has 0 radical (unpaired) electrons. The summed E-state index contributed by atoms with van der Waals surface area (Å²) in [6.45, 7) is 0.506. The first-order valence-corrected chi connectivity index (χ1v) is 9.78. The van der Waals surface area contributed by atoms with E-state index in [0.717, 1.165) is 17.2 Å². The first-order chi connectivity index (χ1) is 16.0. The van der Waals surface area contributed by atoms with E-state index in [-0.39, 0.29) is 5.95 Å². The third kappa shape index (κ3) is 5.83. The molecule has 2 aromatic heterocycles. The van der Waals surface area contributed by atoms with Crippen molar-refractivity contribution in [2.24, 2.45) is 0 Å². The van der Waals surface area contributed by atoms with E-state index in [2.05, 4.69) is 20.4 Å². The van der Waals surface area contributed by atoms with Crippen LogP contribution in [0.4, 0.5) is 20.4 Å². The van der Waals surface area contributed by atoms with E-state index in [0.29, 0.717) is 23.5 Å². The van der Waals surface area contributed by atoms with Gasteiger partial charge in [-0.15, -0.1) is 0 Å². The summed E-state index contributed by atoms with van der Waals surface area (Å²) in [5.41, 5.74) is 4.66. The van der Waals surface area contributed by atoms with Crippen LogP contribution in [-0.2, 0) is 11.3 Å². The first-order valence-electron chi connectivity index (χ1n) is 9.78. The molecule has 2 aromatic carbocycles. The van der Waals surface area contributed by atoms with E-state index in [9.17, 15) is 13.6 Å². The van der Waals surface area contributed by atoms with Crippen LogP contribution in [0.25, 0.3) is 17.3 Å². The van der Waals surface area contributed by atoms with Crippen molar-refractivity contribution in [2.45, 2.75) is 6.54 Å². The van der Waals surface area contributed by atoms with Gasteiger partial charge in [0.25, 0.3) is 5.91 Å². The fraction of sp³-hybridized carbons (Fsp3) is 0.0435. The average Bonchev–Trinajstić information content (AvgIpc) is 3.24. The number of nitrogens with one attached hydrogen (secondary N) is 2. The van der Waals surface area contributed by atoms with Crippen molar-refractivity contribution >= 4 is 23.6 Å². The van der Waals surface area contributed by atoms with E-state index < -0.39 is 17.5 Å². The summed E-state index contributed by atoms with van der Waals surface area (Å²) < 4.78 is 28.7. The van der Waals surface area contributed by atoms with Gasteiger partial charge in [-0.25, -0.2) is 24.2 Å². The Morgan fingerprint density at radius 1 is 1.09 bits per heavy atom. The normalized spacial score (nSPS) is 11.0. The fourth-order valence-corrected chi connectivity index (χ4v) is 3.06. The summed E-state index contributed by atoms with van der Waals surface area (Å²) in [7, 11) is 0. The third-order valence-electron chi connectivity index (χ3n) is 4.56. The van der Waals surface area contributed by atoms with E-state index in [1.54, 1.807) is 29.2 Å². The zero-order chi connectivity index (χ0) is 23.2. The molecule has 4 aromatic rings. The molecule has 0 unspecified atom stereocenters. The Hall–Kier alpha value is -4.44. The van der Waals surface area contributed by atoms with Gasteiger partial charge in [0, 0.05) is 30.1 Å². The second-order valence-corrected chi connectivity index (χ2v) is 7.03. The Morgan fingerprint density at radius 3 is 2.58 bits per heavy atom. The molecule has 10 heteroatoms. The smallest absolute Gasteiger partial charge is 0.267 e. The number of carbonyl (C=O) groups excluding carboxylic acids is 1.